The maximum Gasteiger partial charge on any atom is 0.150 e. The molecule has 0 fully saturated rings. The van der Waals surface area contributed by atoms with Gasteiger partial charge in [-0.15, -0.1) is 0 Å². The van der Waals surface area contributed by atoms with E-state index in [9.17, 15) is 8.76 Å². The highest BCUT2D eigenvalue weighted by Gasteiger charge is 2.05. The number of hydrogen-bond acceptors (Lipinski definition) is 5. The molecular formula is C6H3N2O3S-. The molecular weight excluding hydrogens is 180 g/mol. The predicted octanol–water partition coefficient (Wildman–Crippen LogP) is 0.461. The quantitative estimate of drug-likeness (QED) is 0.600. The monoisotopic (exact) mass is 183 g/mol. The smallest absolute Gasteiger partial charge is 0.150 e. The lowest BCUT2D eigenvalue weighted by Crippen LogP contribution is -1.89. The van der Waals surface area contributed by atoms with Crippen LogP contribution in [0.15, 0.2) is 27.7 Å². The van der Waals surface area contributed by atoms with E-state index in [2.05, 4.69) is 14.9 Å². The van der Waals surface area contributed by atoms with Gasteiger partial charge in [-0.2, -0.15) is 0 Å². The van der Waals surface area contributed by atoms with Gasteiger partial charge in [-0.05, 0) is 33.5 Å². The molecule has 0 aliphatic rings. The Bertz CT molecular complexity index is 439. The van der Waals surface area contributed by atoms with Crippen molar-refractivity contribution >= 4 is 22.1 Å². The number of benzene rings is 1. The normalized spacial score (nSPS) is 13.4. The van der Waals surface area contributed by atoms with E-state index in [4.69, 9.17) is 0 Å². The zero-order chi connectivity index (χ0) is 8.55. The average molecular weight is 183 g/mol. The zero-order valence-corrected chi connectivity index (χ0v) is 6.58. The van der Waals surface area contributed by atoms with Crippen LogP contribution in [0.5, 0.6) is 0 Å². The fourth-order valence-corrected chi connectivity index (χ4v) is 1.41. The summed E-state index contributed by atoms with van der Waals surface area (Å²) < 4.78 is 25.6. The van der Waals surface area contributed by atoms with Gasteiger partial charge in [0.05, 0.1) is 4.90 Å². The minimum atomic E-state index is -2.29. The molecule has 2 aromatic rings. The molecule has 2 rings (SSSR count). The lowest BCUT2D eigenvalue weighted by molar-refractivity contribution is 0.315. The topological polar surface area (TPSA) is 79.0 Å². The van der Waals surface area contributed by atoms with E-state index >= 15 is 0 Å². The first-order valence-corrected chi connectivity index (χ1v) is 4.17. The summed E-state index contributed by atoms with van der Waals surface area (Å²) in [6, 6.07) is 4.65. The van der Waals surface area contributed by atoms with Crippen LogP contribution in [-0.2, 0) is 11.1 Å². The van der Waals surface area contributed by atoms with E-state index in [1.54, 1.807) is 12.1 Å². The molecule has 5 nitrogen and oxygen atoms in total. The molecule has 1 unspecified atom stereocenters. The Kier molecular flexibility index (Phi) is 1.63. The van der Waals surface area contributed by atoms with E-state index < -0.39 is 11.1 Å². The maximum absolute atomic E-state index is 10.6. The summed E-state index contributed by atoms with van der Waals surface area (Å²) in [6.07, 6.45) is 0. The van der Waals surface area contributed by atoms with Crippen LogP contribution in [-0.4, -0.2) is 19.1 Å². The third-order valence-electron chi connectivity index (χ3n) is 1.43. The predicted molar refractivity (Wildman–Crippen MR) is 39.0 cm³/mol. The van der Waals surface area contributed by atoms with Gasteiger partial charge in [-0.3, -0.25) is 4.21 Å². The van der Waals surface area contributed by atoms with E-state index in [0.717, 1.165) is 0 Å². The van der Waals surface area contributed by atoms with Gasteiger partial charge in [-0.1, -0.05) is 6.07 Å². The lowest BCUT2D eigenvalue weighted by atomic mass is 10.3. The molecule has 0 spiro atoms. The largest absolute Gasteiger partial charge is 0.768 e. The summed E-state index contributed by atoms with van der Waals surface area (Å²) >= 11 is -2.29. The van der Waals surface area contributed by atoms with Gasteiger partial charge < -0.3 is 4.55 Å². The first-order chi connectivity index (χ1) is 5.79. The Morgan fingerprint density at radius 1 is 1.42 bits per heavy atom. The molecule has 0 aliphatic carbocycles. The second-order valence-corrected chi connectivity index (χ2v) is 3.03. The van der Waals surface area contributed by atoms with Crippen LogP contribution < -0.4 is 0 Å². The summed E-state index contributed by atoms with van der Waals surface area (Å²) in [6.45, 7) is 0. The number of hydrogen-bond donors (Lipinski definition) is 0. The summed E-state index contributed by atoms with van der Waals surface area (Å²) in [5.41, 5.74) is 0.711. The van der Waals surface area contributed by atoms with Crippen LogP contribution in [0.1, 0.15) is 0 Å². The van der Waals surface area contributed by atoms with Crippen molar-refractivity contribution in [3.63, 3.8) is 0 Å². The van der Waals surface area contributed by atoms with Crippen LogP contribution in [0.4, 0.5) is 0 Å². The van der Waals surface area contributed by atoms with Gasteiger partial charge in [-0.25, -0.2) is 4.63 Å². The molecule has 0 bridgehead atoms. The Labute approximate surface area is 69.6 Å². The first-order valence-electron chi connectivity index (χ1n) is 3.09. The molecule has 0 amide bonds. The summed E-state index contributed by atoms with van der Waals surface area (Å²) in [7, 11) is 0. The second-order valence-electron chi connectivity index (χ2n) is 2.12. The van der Waals surface area contributed by atoms with Crippen molar-refractivity contribution in [2.75, 3.05) is 0 Å². The van der Waals surface area contributed by atoms with Gasteiger partial charge >= 0.3 is 0 Å². The molecule has 12 heavy (non-hydrogen) atoms. The van der Waals surface area contributed by atoms with Crippen LogP contribution >= 0.6 is 0 Å². The van der Waals surface area contributed by atoms with Gasteiger partial charge in [0.25, 0.3) is 0 Å². The third-order valence-corrected chi connectivity index (χ3v) is 2.12. The fourth-order valence-electron chi connectivity index (χ4n) is 0.916. The van der Waals surface area contributed by atoms with Crippen molar-refractivity contribution in [2.24, 2.45) is 0 Å². The van der Waals surface area contributed by atoms with E-state index in [1.165, 1.54) is 6.07 Å². The Morgan fingerprint density at radius 2 is 2.25 bits per heavy atom. The number of fused-ring (bicyclic) bond motifs is 1. The van der Waals surface area contributed by atoms with Crippen molar-refractivity contribution in [1.82, 2.24) is 10.3 Å². The molecule has 0 saturated carbocycles. The standard InChI is InChI=1S/C6H4N2O3S/c9-12(10)5-3-1-2-4-6(5)8-11-7-4/h1-3H,(H,9,10)/p-1. The zero-order valence-electron chi connectivity index (χ0n) is 5.76. The fraction of sp³-hybridized carbons (Fsp3) is 0. The van der Waals surface area contributed by atoms with Crippen LogP contribution in [0.2, 0.25) is 0 Å². The number of aromatic nitrogens is 2. The van der Waals surface area contributed by atoms with Crippen molar-refractivity contribution in [2.45, 2.75) is 4.90 Å². The van der Waals surface area contributed by atoms with Gasteiger partial charge in [0, 0.05) is 0 Å². The van der Waals surface area contributed by atoms with Crippen molar-refractivity contribution < 1.29 is 13.4 Å². The minimum absolute atomic E-state index is 0.105. The number of nitrogens with zero attached hydrogens (tertiary/aromatic N) is 2. The van der Waals surface area contributed by atoms with E-state index in [-0.39, 0.29) is 10.4 Å². The maximum atomic E-state index is 10.6. The van der Waals surface area contributed by atoms with Gasteiger partial charge in [0.2, 0.25) is 0 Å². The van der Waals surface area contributed by atoms with Gasteiger partial charge in [0.1, 0.15) is 11.0 Å². The van der Waals surface area contributed by atoms with Crippen molar-refractivity contribution in [1.29, 1.82) is 0 Å². The Morgan fingerprint density at radius 3 is 3.00 bits per heavy atom. The van der Waals surface area contributed by atoms with Crippen LogP contribution in [0.3, 0.4) is 0 Å². The molecule has 0 radical (unpaired) electrons. The molecule has 1 aromatic heterocycles. The van der Waals surface area contributed by atoms with E-state index in [0.29, 0.717) is 5.52 Å². The molecule has 1 heterocycles. The molecule has 6 heteroatoms. The average Bonchev–Trinajstić information content (AvgIpc) is 2.49. The highest BCUT2D eigenvalue weighted by molar-refractivity contribution is 7.79. The first kappa shape index (κ1) is 7.38. The summed E-state index contributed by atoms with van der Waals surface area (Å²) in [5, 5.41) is 6.96. The number of rotatable bonds is 1. The minimum Gasteiger partial charge on any atom is -0.768 e. The highest BCUT2D eigenvalue weighted by Crippen LogP contribution is 2.16. The van der Waals surface area contributed by atoms with Crippen LogP contribution in [0, 0.1) is 0 Å². The van der Waals surface area contributed by atoms with Crippen LogP contribution in [0.25, 0.3) is 11.0 Å². The summed E-state index contributed by atoms with van der Waals surface area (Å²) in [4.78, 5) is 0.105. The second kappa shape index (κ2) is 2.65. The highest BCUT2D eigenvalue weighted by atomic mass is 32.2. The lowest BCUT2D eigenvalue weighted by Gasteiger charge is -2.02. The molecule has 0 aliphatic heterocycles. The van der Waals surface area contributed by atoms with Crippen molar-refractivity contribution in [3.05, 3.63) is 18.2 Å². The molecule has 0 saturated heterocycles. The van der Waals surface area contributed by atoms with Gasteiger partial charge in [0.15, 0.2) is 0 Å². The van der Waals surface area contributed by atoms with E-state index in [1.807, 2.05) is 0 Å². The molecule has 1 atom stereocenters. The molecule has 0 N–H and O–H groups in total. The third kappa shape index (κ3) is 1.01. The summed E-state index contributed by atoms with van der Waals surface area (Å²) in [5.74, 6) is 0. The Hall–Kier alpha value is -1.27. The Balaban J connectivity index is 2.82. The molecule has 62 valence electrons. The SMILES string of the molecule is O=S([O-])c1cccc2nonc12. The molecule has 1 aromatic carbocycles. The van der Waals surface area contributed by atoms with Crippen molar-refractivity contribution in [3.8, 4) is 0 Å².